The summed E-state index contributed by atoms with van der Waals surface area (Å²) in [6.07, 6.45) is -1.01. The van der Waals surface area contributed by atoms with Crippen molar-refractivity contribution in [1.82, 2.24) is 19.9 Å². The Kier molecular flexibility index (Phi) is 11.3. The number of rotatable bonds is 13. The Morgan fingerprint density at radius 3 is 2.37 bits per heavy atom. The maximum absolute atomic E-state index is 13.8. The largest absolute Gasteiger partial charge is 0.390 e. The number of benzene rings is 2. The van der Waals surface area contributed by atoms with E-state index < -0.39 is 45.4 Å². The number of carbonyl (C=O) groups excluding carboxylic acids is 2. The minimum atomic E-state index is -3.99. The normalized spacial score (nSPS) is 14.7. The van der Waals surface area contributed by atoms with E-state index in [0.717, 1.165) is 10.3 Å². The molecule has 0 bridgehead atoms. The van der Waals surface area contributed by atoms with Crippen molar-refractivity contribution in [2.24, 2.45) is 11.3 Å². The molecule has 3 N–H and O–H groups in total. The van der Waals surface area contributed by atoms with Crippen LogP contribution in [0.3, 0.4) is 0 Å². The van der Waals surface area contributed by atoms with E-state index in [9.17, 15) is 23.1 Å². The van der Waals surface area contributed by atoms with Crippen LogP contribution in [-0.4, -0.2) is 71.8 Å². The smallest absolute Gasteiger partial charge is 0.243 e. The second-order valence-corrected chi connectivity index (χ2v) is 14.7. The molecule has 41 heavy (non-hydrogen) atoms. The van der Waals surface area contributed by atoms with Crippen molar-refractivity contribution in [3.8, 4) is 0 Å². The average Bonchev–Trinajstić information content (AvgIpc) is 3.38. The first-order valence-corrected chi connectivity index (χ1v) is 16.3. The van der Waals surface area contributed by atoms with Crippen molar-refractivity contribution >= 4 is 55.0 Å². The third-order valence-corrected chi connectivity index (χ3v) is 9.41. The van der Waals surface area contributed by atoms with Crippen molar-refractivity contribution in [2.45, 2.75) is 64.1 Å². The molecule has 0 fully saturated rings. The Morgan fingerprint density at radius 2 is 1.76 bits per heavy atom. The molecule has 0 radical (unpaired) electrons. The van der Waals surface area contributed by atoms with Crippen LogP contribution in [0.2, 0.25) is 0 Å². The predicted molar refractivity (Wildman–Crippen MR) is 163 cm³/mol. The number of hydrogen-bond donors (Lipinski definition) is 3. The van der Waals surface area contributed by atoms with Gasteiger partial charge in [0.05, 0.1) is 32.8 Å². The fraction of sp³-hybridized carbons (Fsp3) is 0.483. The molecule has 3 rings (SSSR count). The summed E-state index contributed by atoms with van der Waals surface area (Å²) in [7, 11) is -3.99. The molecule has 1 aromatic heterocycles. The van der Waals surface area contributed by atoms with Crippen molar-refractivity contribution < 1.29 is 23.1 Å². The van der Waals surface area contributed by atoms with Gasteiger partial charge >= 0.3 is 0 Å². The van der Waals surface area contributed by atoms with Gasteiger partial charge in [-0.25, -0.2) is 13.4 Å². The fourth-order valence-electron chi connectivity index (χ4n) is 4.45. The van der Waals surface area contributed by atoms with Crippen LogP contribution in [0.25, 0.3) is 10.2 Å². The molecule has 0 unspecified atom stereocenters. The quantitative estimate of drug-likeness (QED) is 0.249. The average molecular weight is 623 g/mol. The van der Waals surface area contributed by atoms with E-state index in [4.69, 9.17) is 11.6 Å². The van der Waals surface area contributed by atoms with Crippen molar-refractivity contribution in [1.29, 1.82) is 0 Å². The Hall–Kier alpha value is -2.57. The third-order valence-electron chi connectivity index (χ3n) is 6.55. The molecule has 12 heteroatoms. The molecule has 0 aliphatic carbocycles. The van der Waals surface area contributed by atoms with Crippen LogP contribution < -0.4 is 10.6 Å². The Balaban J connectivity index is 1.92. The molecule has 2 aromatic carbocycles. The predicted octanol–water partition coefficient (Wildman–Crippen LogP) is 3.80. The summed E-state index contributed by atoms with van der Waals surface area (Å²) < 4.78 is 29.7. The lowest BCUT2D eigenvalue weighted by Gasteiger charge is -2.34. The number of sulfonamides is 1. The van der Waals surface area contributed by atoms with Gasteiger partial charge in [0.15, 0.2) is 0 Å². The maximum atomic E-state index is 13.8. The summed E-state index contributed by atoms with van der Waals surface area (Å²) in [5.41, 5.74) is 2.57. The topological polar surface area (TPSA) is 129 Å². The lowest BCUT2D eigenvalue weighted by atomic mass is 9.85. The van der Waals surface area contributed by atoms with E-state index in [2.05, 4.69) is 15.6 Å². The van der Waals surface area contributed by atoms with Crippen LogP contribution in [0.1, 0.15) is 40.2 Å². The van der Waals surface area contributed by atoms with Gasteiger partial charge in [-0.15, -0.1) is 22.9 Å². The summed E-state index contributed by atoms with van der Waals surface area (Å²) in [5.74, 6) is -1.31. The van der Waals surface area contributed by atoms with Crippen molar-refractivity contribution in [3.63, 3.8) is 0 Å². The summed E-state index contributed by atoms with van der Waals surface area (Å²) in [4.78, 5) is 29.9. The molecule has 0 saturated carbocycles. The van der Waals surface area contributed by atoms with Gasteiger partial charge in [0.2, 0.25) is 21.8 Å². The number of aliphatic hydroxyl groups excluding tert-OH is 1. The monoisotopic (exact) mass is 622 g/mol. The first-order valence-electron chi connectivity index (χ1n) is 13.4. The highest BCUT2D eigenvalue weighted by Crippen LogP contribution is 2.26. The summed E-state index contributed by atoms with van der Waals surface area (Å²) in [6.45, 7) is 9.16. The number of thiazole rings is 1. The van der Waals surface area contributed by atoms with Gasteiger partial charge in [-0.3, -0.25) is 9.59 Å². The molecule has 2 amide bonds. The zero-order chi connectivity index (χ0) is 30.4. The van der Waals surface area contributed by atoms with Crippen LogP contribution in [0.5, 0.6) is 0 Å². The van der Waals surface area contributed by atoms with Crippen LogP contribution in [-0.2, 0) is 26.0 Å². The zero-order valence-electron chi connectivity index (χ0n) is 24.0. The highest BCUT2D eigenvalue weighted by atomic mass is 35.5. The molecule has 0 aliphatic rings. The number of fused-ring (bicyclic) bond motifs is 1. The number of aliphatic hydroxyl groups is 1. The second-order valence-electron chi connectivity index (χ2n) is 11.6. The van der Waals surface area contributed by atoms with Gasteiger partial charge in [-0.1, -0.05) is 65.0 Å². The molecule has 0 aliphatic heterocycles. The number of halogens is 1. The number of hydrogen-bond acceptors (Lipinski definition) is 7. The lowest BCUT2D eigenvalue weighted by molar-refractivity contribution is -0.131. The number of nitrogens with zero attached hydrogens (tertiary/aromatic N) is 2. The first kappa shape index (κ1) is 32.9. The molecule has 224 valence electrons. The van der Waals surface area contributed by atoms with Crippen LogP contribution in [0, 0.1) is 11.3 Å². The Labute approximate surface area is 251 Å². The van der Waals surface area contributed by atoms with Crippen LogP contribution in [0.4, 0.5) is 0 Å². The van der Waals surface area contributed by atoms with E-state index in [1.165, 1.54) is 21.7 Å². The molecule has 3 aromatic rings. The van der Waals surface area contributed by atoms with E-state index in [1.807, 2.05) is 65.0 Å². The number of nitrogens with one attached hydrogen (secondary N) is 2. The number of amides is 2. The molecule has 3 atom stereocenters. The lowest BCUT2D eigenvalue weighted by Crippen LogP contribution is -2.59. The number of alkyl halides is 1. The highest BCUT2D eigenvalue weighted by Gasteiger charge is 2.36. The van der Waals surface area contributed by atoms with Gasteiger partial charge < -0.3 is 15.7 Å². The standard InChI is InChI=1S/C29H39ClN4O5S2/c1-19(2)16-34(41(38,39)21-11-12-22-25(14-21)40-18-31-22)17-24(35)23(13-20-9-7-6-8-10-20)32-28(37)27(29(3,4)5)33-26(36)15-30/h6-12,14,18-19,23-24,27,35H,13,15-17H2,1-5H3,(H,32,37)(H,33,36)/t23-,24+,27+/m0/s1. The minimum Gasteiger partial charge on any atom is -0.390 e. The van der Waals surface area contributed by atoms with Gasteiger partial charge in [0.25, 0.3) is 0 Å². The highest BCUT2D eigenvalue weighted by molar-refractivity contribution is 7.89. The SMILES string of the molecule is CC(C)CN(C[C@@H](O)[C@H](Cc1ccccc1)NC(=O)[C@@H](NC(=O)CCl)C(C)(C)C)S(=O)(=O)c1ccc2ncsc2c1. The van der Waals surface area contributed by atoms with E-state index in [0.29, 0.717) is 5.52 Å². The van der Waals surface area contributed by atoms with Gasteiger partial charge in [0.1, 0.15) is 11.9 Å². The van der Waals surface area contributed by atoms with Gasteiger partial charge in [-0.2, -0.15) is 4.31 Å². The summed E-state index contributed by atoms with van der Waals surface area (Å²) in [5, 5.41) is 17.1. The number of carbonyl (C=O) groups is 2. The minimum absolute atomic E-state index is 0.0256. The Bertz CT molecular complexity index is 1420. The Morgan fingerprint density at radius 1 is 1.07 bits per heavy atom. The zero-order valence-corrected chi connectivity index (χ0v) is 26.4. The molecule has 0 spiro atoms. The van der Waals surface area contributed by atoms with E-state index >= 15 is 0 Å². The van der Waals surface area contributed by atoms with Crippen molar-refractivity contribution in [2.75, 3.05) is 19.0 Å². The summed E-state index contributed by atoms with van der Waals surface area (Å²) in [6, 6.07) is 12.3. The second kappa shape index (κ2) is 14.1. The van der Waals surface area contributed by atoms with E-state index in [1.54, 1.807) is 17.6 Å². The van der Waals surface area contributed by atoms with E-state index in [-0.39, 0.29) is 36.2 Å². The maximum Gasteiger partial charge on any atom is 0.243 e. The molecule has 0 saturated heterocycles. The van der Waals surface area contributed by atoms with Gasteiger partial charge in [0, 0.05) is 13.1 Å². The van der Waals surface area contributed by atoms with Gasteiger partial charge in [-0.05, 0) is 41.5 Å². The van der Waals surface area contributed by atoms with Crippen LogP contribution >= 0.6 is 22.9 Å². The first-order chi connectivity index (χ1) is 19.2. The third kappa shape index (κ3) is 8.96. The molecular weight excluding hydrogens is 584 g/mol. The fourth-order valence-corrected chi connectivity index (χ4v) is 6.97. The van der Waals surface area contributed by atoms with Crippen molar-refractivity contribution in [3.05, 3.63) is 59.6 Å². The molecular formula is C29H39ClN4O5S2. The molecule has 1 heterocycles. The number of aromatic nitrogens is 1. The summed E-state index contributed by atoms with van der Waals surface area (Å²) >= 11 is 7.03. The van der Waals surface area contributed by atoms with Crippen LogP contribution in [0.15, 0.2) is 58.9 Å². The molecule has 9 nitrogen and oxygen atoms in total.